The Labute approximate surface area is 56.9 Å². The van der Waals surface area contributed by atoms with Crippen molar-refractivity contribution in [2.24, 2.45) is 5.10 Å². The predicted octanol–water partition coefficient (Wildman–Crippen LogP) is 1.85. The van der Waals surface area contributed by atoms with Gasteiger partial charge in [0.2, 0.25) is 0 Å². The molecule has 0 saturated carbocycles. The fourth-order valence-electron chi connectivity index (χ4n) is 0.451. The number of hydrogen-bond donors (Lipinski definition) is 0. The molecule has 0 bridgehead atoms. The monoisotopic (exact) mass is 126 g/mol. The molecule has 2 nitrogen and oxygen atoms in total. The van der Waals surface area contributed by atoms with Gasteiger partial charge in [0.25, 0.3) is 0 Å². The van der Waals surface area contributed by atoms with E-state index in [0.29, 0.717) is 0 Å². The molecule has 0 unspecified atom stereocenters. The third-order valence-electron chi connectivity index (χ3n) is 1.22. The van der Waals surface area contributed by atoms with Crippen molar-refractivity contribution in [1.82, 2.24) is 5.01 Å². The summed E-state index contributed by atoms with van der Waals surface area (Å²) in [6.07, 6.45) is 3.79. The minimum atomic E-state index is 1.16. The molecule has 0 aromatic carbocycles. The van der Waals surface area contributed by atoms with Crippen molar-refractivity contribution in [3.05, 3.63) is 11.8 Å². The zero-order valence-corrected chi connectivity index (χ0v) is 6.55. The Hall–Kier alpha value is -0.790. The van der Waals surface area contributed by atoms with Gasteiger partial charge in [-0.3, -0.25) is 5.01 Å². The van der Waals surface area contributed by atoms with E-state index in [0.717, 1.165) is 5.70 Å². The zero-order valence-electron chi connectivity index (χ0n) is 6.55. The standard InChI is InChI=1S/C7H14N2/c1-5-7(3)9(4)8-6-2/h5-6H,1-4H3/b7-5-,8-6+. The van der Waals surface area contributed by atoms with Crippen LogP contribution in [0.1, 0.15) is 20.8 Å². The molecule has 0 heterocycles. The lowest BCUT2D eigenvalue weighted by Gasteiger charge is -2.11. The van der Waals surface area contributed by atoms with Crippen LogP contribution in [0.25, 0.3) is 0 Å². The molecule has 0 N–H and O–H groups in total. The van der Waals surface area contributed by atoms with Gasteiger partial charge in [-0.15, -0.1) is 0 Å². The van der Waals surface area contributed by atoms with Crippen LogP contribution in [0.5, 0.6) is 0 Å². The van der Waals surface area contributed by atoms with E-state index in [-0.39, 0.29) is 0 Å². The molecule has 0 rings (SSSR count). The van der Waals surface area contributed by atoms with Crippen molar-refractivity contribution in [1.29, 1.82) is 0 Å². The Bertz CT molecular complexity index is 125. The van der Waals surface area contributed by atoms with Gasteiger partial charge >= 0.3 is 0 Å². The Morgan fingerprint density at radius 2 is 2.00 bits per heavy atom. The van der Waals surface area contributed by atoms with Crippen LogP contribution in [0.15, 0.2) is 16.9 Å². The molecule has 0 saturated heterocycles. The van der Waals surface area contributed by atoms with Crippen LogP contribution in [-0.4, -0.2) is 18.3 Å². The highest BCUT2D eigenvalue weighted by molar-refractivity contribution is 5.52. The first-order valence-electron chi connectivity index (χ1n) is 3.07. The van der Waals surface area contributed by atoms with E-state index < -0.39 is 0 Å². The second-order valence-corrected chi connectivity index (χ2v) is 1.83. The predicted molar refractivity (Wildman–Crippen MR) is 41.4 cm³/mol. The molecule has 0 atom stereocenters. The third-order valence-corrected chi connectivity index (χ3v) is 1.22. The van der Waals surface area contributed by atoms with Crippen molar-refractivity contribution in [3.8, 4) is 0 Å². The largest absolute Gasteiger partial charge is 0.274 e. The Balaban J connectivity index is 3.88. The van der Waals surface area contributed by atoms with Gasteiger partial charge < -0.3 is 0 Å². The minimum absolute atomic E-state index is 1.16. The van der Waals surface area contributed by atoms with Crippen molar-refractivity contribution >= 4 is 6.21 Å². The molecule has 0 aliphatic carbocycles. The maximum Gasteiger partial charge on any atom is 0.0299 e. The third kappa shape index (κ3) is 2.90. The summed E-state index contributed by atoms with van der Waals surface area (Å²) in [5.74, 6) is 0. The number of allylic oxidation sites excluding steroid dienone is 2. The van der Waals surface area contributed by atoms with E-state index in [1.54, 1.807) is 6.21 Å². The average molecular weight is 126 g/mol. The topological polar surface area (TPSA) is 15.6 Å². The van der Waals surface area contributed by atoms with Crippen LogP contribution >= 0.6 is 0 Å². The second-order valence-electron chi connectivity index (χ2n) is 1.83. The molecule has 0 fully saturated rings. The highest BCUT2D eigenvalue weighted by Crippen LogP contribution is 1.97. The summed E-state index contributed by atoms with van der Waals surface area (Å²) in [7, 11) is 1.93. The molecule has 0 spiro atoms. The first kappa shape index (κ1) is 8.21. The van der Waals surface area contributed by atoms with Crippen LogP contribution in [0.2, 0.25) is 0 Å². The van der Waals surface area contributed by atoms with E-state index in [1.807, 2.05) is 38.9 Å². The molecule has 0 aliphatic rings. The fourth-order valence-corrected chi connectivity index (χ4v) is 0.451. The first-order chi connectivity index (χ1) is 4.22. The van der Waals surface area contributed by atoms with Crippen LogP contribution in [-0.2, 0) is 0 Å². The van der Waals surface area contributed by atoms with Gasteiger partial charge in [0, 0.05) is 19.0 Å². The van der Waals surface area contributed by atoms with Crippen molar-refractivity contribution in [3.63, 3.8) is 0 Å². The summed E-state index contributed by atoms with van der Waals surface area (Å²) in [6, 6.07) is 0. The van der Waals surface area contributed by atoms with Crippen molar-refractivity contribution in [2.75, 3.05) is 7.05 Å². The molecule has 52 valence electrons. The van der Waals surface area contributed by atoms with E-state index in [1.165, 1.54) is 0 Å². The number of rotatable bonds is 2. The molecular formula is C7H14N2. The Morgan fingerprint density at radius 3 is 2.33 bits per heavy atom. The van der Waals surface area contributed by atoms with Crippen LogP contribution in [0.4, 0.5) is 0 Å². The lowest BCUT2D eigenvalue weighted by Crippen LogP contribution is -2.06. The van der Waals surface area contributed by atoms with E-state index in [4.69, 9.17) is 0 Å². The summed E-state index contributed by atoms with van der Waals surface area (Å²) in [5.41, 5.74) is 1.16. The summed E-state index contributed by atoms with van der Waals surface area (Å²) in [6.45, 7) is 5.92. The summed E-state index contributed by atoms with van der Waals surface area (Å²) in [4.78, 5) is 0. The Kier molecular flexibility index (Phi) is 3.76. The molecule has 0 aliphatic heterocycles. The SMILES string of the molecule is C/C=C(/C)N(C)/N=C/C. The van der Waals surface area contributed by atoms with Gasteiger partial charge in [0.1, 0.15) is 0 Å². The molecule has 0 amide bonds. The average Bonchev–Trinajstić information content (AvgIpc) is 1.87. The maximum absolute atomic E-state index is 4.04. The van der Waals surface area contributed by atoms with Crippen molar-refractivity contribution < 1.29 is 0 Å². The maximum atomic E-state index is 4.04. The Morgan fingerprint density at radius 1 is 1.44 bits per heavy atom. The summed E-state index contributed by atoms with van der Waals surface area (Å²) >= 11 is 0. The quantitative estimate of drug-likeness (QED) is 0.407. The first-order valence-corrected chi connectivity index (χ1v) is 3.07. The molecule has 0 aromatic rings. The molecule has 0 aromatic heterocycles. The zero-order chi connectivity index (χ0) is 7.28. The lowest BCUT2D eigenvalue weighted by molar-refractivity contribution is 0.448. The van der Waals surface area contributed by atoms with Gasteiger partial charge in [-0.2, -0.15) is 5.10 Å². The molecular weight excluding hydrogens is 112 g/mol. The fraction of sp³-hybridized carbons (Fsp3) is 0.571. The smallest absolute Gasteiger partial charge is 0.0299 e. The summed E-state index contributed by atoms with van der Waals surface area (Å²) in [5, 5.41) is 5.87. The number of nitrogens with zero attached hydrogens (tertiary/aromatic N) is 2. The summed E-state index contributed by atoms with van der Waals surface area (Å²) < 4.78 is 0. The lowest BCUT2D eigenvalue weighted by atomic mass is 10.4. The normalized spacial score (nSPS) is 12.7. The van der Waals surface area contributed by atoms with Gasteiger partial charge in [0.05, 0.1) is 0 Å². The second kappa shape index (κ2) is 4.13. The van der Waals surface area contributed by atoms with E-state index in [2.05, 4.69) is 5.10 Å². The van der Waals surface area contributed by atoms with Crippen molar-refractivity contribution in [2.45, 2.75) is 20.8 Å². The van der Waals surface area contributed by atoms with Gasteiger partial charge in [-0.1, -0.05) is 6.08 Å². The van der Waals surface area contributed by atoms with Crippen LogP contribution < -0.4 is 0 Å². The van der Waals surface area contributed by atoms with Gasteiger partial charge in [-0.25, -0.2) is 0 Å². The number of hydrazone groups is 1. The van der Waals surface area contributed by atoms with Gasteiger partial charge in [0.15, 0.2) is 0 Å². The van der Waals surface area contributed by atoms with E-state index in [9.17, 15) is 0 Å². The van der Waals surface area contributed by atoms with Gasteiger partial charge in [-0.05, 0) is 20.8 Å². The molecule has 9 heavy (non-hydrogen) atoms. The van der Waals surface area contributed by atoms with Crippen LogP contribution in [0.3, 0.4) is 0 Å². The highest BCUT2D eigenvalue weighted by Gasteiger charge is 1.89. The highest BCUT2D eigenvalue weighted by atomic mass is 15.4. The minimum Gasteiger partial charge on any atom is -0.274 e. The van der Waals surface area contributed by atoms with Crippen LogP contribution in [0, 0.1) is 0 Å². The molecule has 2 heteroatoms. The molecule has 0 radical (unpaired) electrons. The van der Waals surface area contributed by atoms with E-state index >= 15 is 0 Å². The number of hydrogen-bond acceptors (Lipinski definition) is 2.